The number of carbonyl (C=O) groups is 1. The van der Waals surface area contributed by atoms with Crippen LogP contribution in [0, 0.1) is 0 Å². The van der Waals surface area contributed by atoms with Crippen molar-refractivity contribution in [2.75, 3.05) is 45.9 Å². The summed E-state index contributed by atoms with van der Waals surface area (Å²) < 4.78 is 5.84. The minimum absolute atomic E-state index is 0.283. The molecule has 21 heavy (non-hydrogen) atoms. The molecule has 0 aromatic heterocycles. The van der Waals surface area contributed by atoms with Crippen molar-refractivity contribution in [1.29, 1.82) is 0 Å². The zero-order valence-electron chi connectivity index (χ0n) is 13.1. The molecule has 0 spiro atoms. The molecule has 3 saturated heterocycles. The number of nitrogens with zero attached hydrogens (tertiary/aromatic N) is 2. The van der Waals surface area contributed by atoms with Crippen LogP contribution in [0.5, 0.6) is 0 Å². The lowest BCUT2D eigenvalue weighted by Gasteiger charge is -2.24. The van der Waals surface area contributed by atoms with Crippen LogP contribution in [0.3, 0.4) is 0 Å². The quantitative estimate of drug-likeness (QED) is 0.816. The van der Waals surface area contributed by atoms with E-state index in [9.17, 15) is 4.79 Å². The van der Waals surface area contributed by atoms with Crippen molar-refractivity contribution in [2.45, 2.75) is 50.7 Å². The number of ether oxygens (including phenoxy) is 1. The fourth-order valence-electron chi connectivity index (χ4n) is 3.81. The first-order valence-electron chi connectivity index (χ1n) is 8.67. The number of amides is 1. The molecule has 0 aromatic rings. The molecule has 0 aliphatic carbocycles. The Kier molecular flexibility index (Phi) is 5.49. The summed E-state index contributed by atoms with van der Waals surface area (Å²) in [6.07, 6.45) is 6.87. The van der Waals surface area contributed by atoms with Crippen molar-refractivity contribution >= 4 is 5.91 Å². The van der Waals surface area contributed by atoms with E-state index in [1.165, 1.54) is 25.9 Å². The molecule has 1 amide bonds. The Morgan fingerprint density at radius 2 is 1.86 bits per heavy atom. The van der Waals surface area contributed by atoms with Gasteiger partial charge in [-0.2, -0.15) is 0 Å². The van der Waals surface area contributed by atoms with Crippen LogP contribution in [-0.4, -0.2) is 73.7 Å². The second kappa shape index (κ2) is 7.56. The molecule has 5 nitrogen and oxygen atoms in total. The predicted octanol–water partition coefficient (Wildman–Crippen LogP) is 0.842. The summed E-state index contributed by atoms with van der Waals surface area (Å²) in [5, 5.41) is 3.33. The molecule has 3 aliphatic rings. The Hall–Kier alpha value is -0.650. The SMILES string of the molecule is O=C(CCOC1CCNCC1)N1CCC(N2CCCC2)C1. The second-order valence-electron chi connectivity index (χ2n) is 6.60. The first-order chi connectivity index (χ1) is 10.3. The van der Waals surface area contributed by atoms with Crippen molar-refractivity contribution in [2.24, 2.45) is 0 Å². The fraction of sp³-hybridized carbons (Fsp3) is 0.938. The van der Waals surface area contributed by atoms with E-state index in [4.69, 9.17) is 4.74 Å². The van der Waals surface area contributed by atoms with Crippen LogP contribution in [0.1, 0.15) is 38.5 Å². The van der Waals surface area contributed by atoms with Gasteiger partial charge in [0.2, 0.25) is 5.91 Å². The van der Waals surface area contributed by atoms with Gasteiger partial charge >= 0.3 is 0 Å². The van der Waals surface area contributed by atoms with Gasteiger partial charge in [0.1, 0.15) is 0 Å². The van der Waals surface area contributed by atoms with Gasteiger partial charge in [0.25, 0.3) is 0 Å². The molecule has 3 aliphatic heterocycles. The highest BCUT2D eigenvalue weighted by molar-refractivity contribution is 5.76. The molecule has 3 rings (SSSR count). The Balaban J connectivity index is 1.33. The van der Waals surface area contributed by atoms with E-state index in [-0.39, 0.29) is 5.91 Å². The van der Waals surface area contributed by atoms with Gasteiger partial charge in [-0.15, -0.1) is 0 Å². The van der Waals surface area contributed by atoms with E-state index in [1.807, 2.05) is 0 Å². The van der Waals surface area contributed by atoms with Crippen LogP contribution in [-0.2, 0) is 9.53 Å². The highest BCUT2D eigenvalue weighted by Gasteiger charge is 2.31. The standard InChI is InChI=1S/C16H29N3O2/c20-16(6-12-21-15-3-7-17-8-4-15)19-11-5-14(13-19)18-9-1-2-10-18/h14-15,17H,1-13H2. The average Bonchev–Trinajstić information content (AvgIpc) is 3.19. The smallest absolute Gasteiger partial charge is 0.224 e. The molecular formula is C16H29N3O2. The molecule has 0 bridgehead atoms. The molecule has 1 atom stereocenters. The Labute approximate surface area is 128 Å². The first kappa shape index (κ1) is 15.3. The molecule has 1 N–H and O–H groups in total. The van der Waals surface area contributed by atoms with Gasteiger partial charge in [-0.3, -0.25) is 9.69 Å². The Morgan fingerprint density at radius 3 is 2.62 bits per heavy atom. The van der Waals surface area contributed by atoms with Gasteiger partial charge in [0.05, 0.1) is 19.1 Å². The van der Waals surface area contributed by atoms with E-state index >= 15 is 0 Å². The topological polar surface area (TPSA) is 44.8 Å². The summed E-state index contributed by atoms with van der Waals surface area (Å²) in [6, 6.07) is 0.613. The Morgan fingerprint density at radius 1 is 1.10 bits per heavy atom. The molecule has 0 radical (unpaired) electrons. The van der Waals surface area contributed by atoms with Gasteiger partial charge in [-0.1, -0.05) is 0 Å². The summed E-state index contributed by atoms with van der Waals surface area (Å²) in [6.45, 7) is 7.01. The minimum atomic E-state index is 0.283. The molecule has 3 heterocycles. The van der Waals surface area contributed by atoms with E-state index < -0.39 is 0 Å². The van der Waals surface area contributed by atoms with Crippen molar-refractivity contribution in [3.05, 3.63) is 0 Å². The van der Waals surface area contributed by atoms with Crippen LogP contribution in [0.4, 0.5) is 0 Å². The highest BCUT2D eigenvalue weighted by Crippen LogP contribution is 2.21. The lowest BCUT2D eigenvalue weighted by Crippen LogP contribution is -2.37. The number of hydrogen-bond donors (Lipinski definition) is 1. The van der Waals surface area contributed by atoms with Gasteiger partial charge in [-0.05, 0) is 58.3 Å². The summed E-state index contributed by atoms with van der Waals surface area (Å²) >= 11 is 0. The molecule has 0 aromatic carbocycles. The number of piperidine rings is 1. The van der Waals surface area contributed by atoms with Gasteiger partial charge in [-0.25, -0.2) is 0 Å². The third-order valence-electron chi connectivity index (χ3n) is 5.13. The van der Waals surface area contributed by atoms with E-state index in [1.54, 1.807) is 0 Å². The number of carbonyl (C=O) groups excluding carboxylic acids is 1. The molecule has 120 valence electrons. The summed E-state index contributed by atoms with van der Waals surface area (Å²) in [7, 11) is 0. The van der Waals surface area contributed by atoms with Crippen LogP contribution < -0.4 is 5.32 Å². The normalized spacial score (nSPS) is 28.4. The minimum Gasteiger partial charge on any atom is -0.378 e. The molecule has 5 heteroatoms. The average molecular weight is 295 g/mol. The van der Waals surface area contributed by atoms with Gasteiger partial charge in [0.15, 0.2) is 0 Å². The number of rotatable bonds is 5. The Bertz CT molecular complexity index is 338. The zero-order chi connectivity index (χ0) is 14.5. The maximum absolute atomic E-state index is 12.3. The fourth-order valence-corrected chi connectivity index (χ4v) is 3.81. The lowest BCUT2D eigenvalue weighted by molar-refractivity contribution is -0.132. The second-order valence-corrected chi connectivity index (χ2v) is 6.60. The monoisotopic (exact) mass is 295 g/mol. The van der Waals surface area contributed by atoms with E-state index in [0.717, 1.165) is 45.4 Å². The number of nitrogens with one attached hydrogen (secondary N) is 1. The number of likely N-dealkylation sites (tertiary alicyclic amines) is 2. The third kappa shape index (κ3) is 4.18. The van der Waals surface area contributed by atoms with E-state index in [2.05, 4.69) is 15.1 Å². The molecule has 0 saturated carbocycles. The van der Waals surface area contributed by atoms with Crippen LogP contribution in [0.2, 0.25) is 0 Å². The van der Waals surface area contributed by atoms with Gasteiger partial charge < -0.3 is 15.0 Å². The van der Waals surface area contributed by atoms with Crippen LogP contribution in [0.25, 0.3) is 0 Å². The number of hydrogen-bond acceptors (Lipinski definition) is 4. The predicted molar refractivity (Wildman–Crippen MR) is 82.3 cm³/mol. The lowest BCUT2D eigenvalue weighted by atomic mass is 10.1. The van der Waals surface area contributed by atoms with Gasteiger partial charge in [0, 0.05) is 19.1 Å². The summed E-state index contributed by atoms with van der Waals surface area (Å²) in [4.78, 5) is 16.9. The molecular weight excluding hydrogens is 266 g/mol. The maximum atomic E-state index is 12.3. The van der Waals surface area contributed by atoms with Crippen LogP contribution >= 0.6 is 0 Å². The summed E-state index contributed by atoms with van der Waals surface area (Å²) in [5.41, 5.74) is 0. The largest absolute Gasteiger partial charge is 0.378 e. The maximum Gasteiger partial charge on any atom is 0.224 e. The molecule has 1 unspecified atom stereocenters. The van der Waals surface area contributed by atoms with Crippen molar-refractivity contribution in [1.82, 2.24) is 15.1 Å². The van der Waals surface area contributed by atoms with Crippen molar-refractivity contribution in [3.8, 4) is 0 Å². The van der Waals surface area contributed by atoms with Crippen molar-refractivity contribution in [3.63, 3.8) is 0 Å². The van der Waals surface area contributed by atoms with Crippen LogP contribution in [0.15, 0.2) is 0 Å². The van der Waals surface area contributed by atoms with Crippen molar-refractivity contribution < 1.29 is 9.53 Å². The third-order valence-corrected chi connectivity index (χ3v) is 5.13. The summed E-state index contributed by atoms with van der Waals surface area (Å²) in [5.74, 6) is 0.283. The van der Waals surface area contributed by atoms with E-state index in [0.29, 0.717) is 25.2 Å². The first-order valence-corrected chi connectivity index (χ1v) is 8.67. The molecule has 3 fully saturated rings. The zero-order valence-corrected chi connectivity index (χ0v) is 13.1. The highest BCUT2D eigenvalue weighted by atomic mass is 16.5.